The molecule has 0 unspecified atom stereocenters. The number of hydrogen-bond acceptors (Lipinski definition) is 9. The van der Waals surface area contributed by atoms with Gasteiger partial charge in [0.05, 0.1) is 39.3 Å². The van der Waals surface area contributed by atoms with Crippen molar-refractivity contribution < 1.29 is 18.3 Å². The summed E-state index contributed by atoms with van der Waals surface area (Å²) in [4.78, 5) is 13.7. The predicted octanol–water partition coefficient (Wildman–Crippen LogP) is 1.47. The van der Waals surface area contributed by atoms with Crippen molar-refractivity contribution >= 4 is 22.9 Å². The smallest absolute Gasteiger partial charge is 0.241 e. The van der Waals surface area contributed by atoms with Gasteiger partial charge in [-0.1, -0.05) is 12.1 Å². The van der Waals surface area contributed by atoms with Gasteiger partial charge in [-0.05, 0) is 6.07 Å². The summed E-state index contributed by atoms with van der Waals surface area (Å²) in [5.41, 5.74) is 7.80. The second-order valence-corrected chi connectivity index (χ2v) is 7.58. The molecule has 0 bridgehead atoms. The Balaban J connectivity index is 1.49. The van der Waals surface area contributed by atoms with Crippen molar-refractivity contribution in [3.63, 3.8) is 0 Å². The van der Waals surface area contributed by atoms with Crippen LogP contribution in [-0.4, -0.2) is 82.1 Å². The minimum absolute atomic E-state index is 0.0884. The molecule has 0 spiro atoms. The number of nitrogens with zero attached hydrogens (tertiary/aromatic N) is 6. The van der Waals surface area contributed by atoms with E-state index < -0.39 is 11.6 Å². The van der Waals surface area contributed by atoms with Gasteiger partial charge in [0.2, 0.25) is 5.95 Å². The Kier molecular flexibility index (Phi) is 6.08. The minimum atomic E-state index is -0.883. The van der Waals surface area contributed by atoms with E-state index in [1.807, 2.05) is 10.0 Å². The van der Waals surface area contributed by atoms with Gasteiger partial charge in [0.15, 0.2) is 28.6 Å². The topological polar surface area (TPSA) is 92.6 Å². The van der Waals surface area contributed by atoms with Crippen molar-refractivity contribution in [3.8, 4) is 0 Å². The molecule has 2 aliphatic rings. The molecule has 0 saturated carbocycles. The molecular formula is C20H24F2N8O2. The molecule has 1 aromatic carbocycles. The Morgan fingerprint density at radius 3 is 2.31 bits per heavy atom. The van der Waals surface area contributed by atoms with E-state index in [-0.39, 0.29) is 12.1 Å². The first kappa shape index (κ1) is 20.9. The molecule has 2 saturated heterocycles. The molecular weight excluding hydrogens is 422 g/mol. The first-order chi connectivity index (χ1) is 15.7. The Morgan fingerprint density at radius 1 is 0.906 bits per heavy atom. The lowest BCUT2D eigenvalue weighted by Gasteiger charge is -2.29. The highest BCUT2D eigenvalue weighted by atomic mass is 19.2. The summed E-state index contributed by atoms with van der Waals surface area (Å²) in [6.45, 7) is 5.35. The van der Waals surface area contributed by atoms with Crippen molar-refractivity contribution in [3.05, 3.63) is 41.7 Å². The van der Waals surface area contributed by atoms with Crippen molar-refractivity contribution in [2.75, 3.05) is 63.5 Å². The maximum atomic E-state index is 14.3. The van der Waals surface area contributed by atoms with E-state index >= 15 is 0 Å². The molecule has 170 valence electrons. The van der Waals surface area contributed by atoms with Crippen LogP contribution in [0, 0.1) is 11.6 Å². The van der Waals surface area contributed by atoms with Crippen LogP contribution in [0.3, 0.4) is 0 Å². The lowest BCUT2D eigenvalue weighted by atomic mass is 10.2. The Labute approximate surface area is 183 Å². The van der Waals surface area contributed by atoms with Crippen LogP contribution in [-0.2, 0) is 16.0 Å². The molecule has 2 aromatic heterocycles. The molecule has 5 rings (SSSR count). The fourth-order valence-corrected chi connectivity index (χ4v) is 3.68. The largest absolute Gasteiger partial charge is 0.379 e. The normalized spacial score (nSPS) is 18.2. The monoisotopic (exact) mass is 446 g/mol. The summed E-state index contributed by atoms with van der Waals surface area (Å²) >= 11 is 0. The van der Waals surface area contributed by atoms with Crippen LogP contribution in [0.4, 0.5) is 20.5 Å². The Morgan fingerprint density at radius 2 is 1.59 bits per heavy atom. The van der Waals surface area contributed by atoms with Crippen LogP contribution in [0.15, 0.2) is 24.5 Å². The zero-order valence-corrected chi connectivity index (χ0v) is 17.4. The highest BCUT2D eigenvalue weighted by molar-refractivity contribution is 5.84. The van der Waals surface area contributed by atoms with Gasteiger partial charge in [0.1, 0.15) is 0 Å². The molecule has 2 N–H and O–H groups in total. The molecule has 2 fully saturated rings. The average Bonchev–Trinajstić information content (AvgIpc) is 3.21. The zero-order valence-electron chi connectivity index (χ0n) is 17.4. The number of aromatic nitrogens is 4. The third kappa shape index (κ3) is 4.48. The number of nitrogens with one attached hydrogen (secondary N) is 2. The van der Waals surface area contributed by atoms with Gasteiger partial charge in [0, 0.05) is 31.7 Å². The van der Waals surface area contributed by atoms with Crippen LogP contribution in [0.5, 0.6) is 0 Å². The number of benzene rings is 1. The second-order valence-electron chi connectivity index (χ2n) is 7.58. The van der Waals surface area contributed by atoms with Crippen LogP contribution >= 0.6 is 0 Å². The number of ether oxygens (including phenoxy) is 2. The van der Waals surface area contributed by atoms with Crippen molar-refractivity contribution in [1.82, 2.24) is 29.5 Å². The van der Waals surface area contributed by atoms with E-state index in [9.17, 15) is 8.78 Å². The van der Waals surface area contributed by atoms with E-state index in [2.05, 4.69) is 25.8 Å². The minimum Gasteiger partial charge on any atom is -0.379 e. The number of imidazole rings is 1. The van der Waals surface area contributed by atoms with Crippen molar-refractivity contribution in [2.45, 2.75) is 6.54 Å². The second kappa shape index (κ2) is 9.28. The number of fused-ring (bicyclic) bond motifs is 1. The van der Waals surface area contributed by atoms with E-state index in [0.717, 1.165) is 6.07 Å². The fourth-order valence-electron chi connectivity index (χ4n) is 3.68. The Bertz CT molecular complexity index is 1080. The molecule has 10 nitrogen and oxygen atoms in total. The fraction of sp³-hybridized carbons (Fsp3) is 0.450. The quantitative estimate of drug-likeness (QED) is 0.584. The highest BCUT2D eigenvalue weighted by Crippen LogP contribution is 2.24. The van der Waals surface area contributed by atoms with Gasteiger partial charge in [-0.25, -0.2) is 23.8 Å². The summed E-state index contributed by atoms with van der Waals surface area (Å²) in [5.74, 6) is -0.838. The number of anilines is 2. The first-order valence-corrected chi connectivity index (χ1v) is 10.5. The molecule has 32 heavy (non-hydrogen) atoms. The third-order valence-electron chi connectivity index (χ3n) is 5.38. The number of halogens is 2. The van der Waals surface area contributed by atoms with Gasteiger partial charge in [-0.2, -0.15) is 9.97 Å². The first-order valence-electron chi connectivity index (χ1n) is 10.5. The summed E-state index contributed by atoms with van der Waals surface area (Å²) in [6.07, 6.45) is 1.56. The van der Waals surface area contributed by atoms with Gasteiger partial charge in [0.25, 0.3) is 0 Å². The zero-order chi connectivity index (χ0) is 21.9. The molecule has 0 amide bonds. The van der Waals surface area contributed by atoms with Gasteiger partial charge in [-0.3, -0.25) is 5.43 Å². The van der Waals surface area contributed by atoms with E-state index in [0.29, 0.717) is 75.5 Å². The molecule has 12 heteroatoms. The maximum absolute atomic E-state index is 14.3. The maximum Gasteiger partial charge on any atom is 0.241 e. The lowest BCUT2D eigenvalue weighted by molar-refractivity contribution is 0.0489. The van der Waals surface area contributed by atoms with Crippen LogP contribution in [0.2, 0.25) is 0 Å². The summed E-state index contributed by atoms with van der Waals surface area (Å²) in [6, 6.07) is 4.13. The van der Waals surface area contributed by atoms with Gasteiger partial charge < -0.3 is 19.5 Å². The number of hydrazine groups is 2. The highest BCUT2D eigenvalue weighted by Gasteiger charge is 2.20. The SMILES string of the molecule is Fc1cccc(Cn2cnc3c(NN4CCOCC4)nc(NN4CCOCC4)nc32)c1F. The molecule has 2 aliphatic heterocycles. The molecule has 0 aliphatic carbocycles. The molecule has 0 atom stereocenters. The van der Waals surface area contributed by atoms with Gasteiger partial charge >= 0.3 is 0 Å². The van der Waals surface area contributed by atoms with Crippen LogP contribution in [0.1, 0.15) is 5.56 Å². The summed E-state index contributed by atoms with van der Waals surface area (Å²) in [7, 11) is 0. The standard InChI is InChI=1S/C20H24F2N8O2/c21-15-3-1-2-14(16(15)22)12-28-13-23-17-18(26-29-4-8-31-9-5-29)24-20(25-19(17)28)27-30-6-10-32-11-7-30/h1-3,13H,4-12H2,(H2,24,25,26,27). The van der Waals surface area contributed by atoms with Gasteiger partial charge in [-0.15, -0.1) is 0 Å². The average molecular weight is 446 g/mol. The van der Waals surface area contributed by atoms with E-state index in [1.54, 1.807) is 17.0 Å². The lowest BCUT2D eigenvalue weighted by Crippen LogP contribution is -2.41. The number of rotatable bonds is 6. The Hall–Kier alpha value is -2.93. The summed E-state index contributed by atoms with van der Waals surface area (Å²) in [5, 5.41) is 3.99. The van der Waals surface area contributed by atoms with Crippen LogP contribution < -0.4 is 10.9 Å². The number of morpholine rings is 2. The third-order valence-corrected chi connectivity index (χ3v) is 5.38. The molecule has 3 aromatic rings. The van der Waals surface area contributed by atoms with Crippen molar-refractivity contribution in [1.29, 1.82) is 0 Å². The van der Waals surface area contributed by atoms with E-state index in [4.69, 9.17) is 9.47 Å². The van der Waals surface area contributed by atoms with Crippen molar-refractivity contribution in [2.24, 2.45) is 0 Å². The summed E-state index contributed by atoms with van der Waals surface area (Å²) < 4.78 is 40.4. The molecule has 0 radical (unpaired) electrons. The van der Waals surface area contributed by atoms with E-state index in [1.165, 1.54) is 6.07 Å². The number of hydrogen-bond donors (Lipinski definition) is 2. The predicted molar refractivity (Wildman–Crippen MR) is 113 cm³/mol. The molecule has 4 heterocycles. The van der Waals surface area contributed by atoms with Crippen LogP contribution in [0.25, 0.3) is 11.2 Å².